The first-order chi connectivity index (χ1) is 8.12. The van der Waals surface area contributed by atoms with Crippen molar-refractivity contribution in [3.63, 3.8) is 0 Å². The van der Waals surface area contributed by atoms with Crippen molar-refractivity contribution in [2.24, 2.45) is 0 Å². The van der Waals surface area contributed by atoms with Gasteiger partial charge in [-0.1, -0.05) is 0 Å². The van der Waals surface area contributed by atoms with E-state index in [0.29, 0.717) is 5.56 Å². The second-order valence-corrected chi connectivity index (χ2v) is 4.43. The molecule has 1 N–H and O–H groups in total. The molecule has 1 atom stereocenters. The Labute approximate surface area is 110 Å². The number of anilines is 1. The van der Waals surface area contributed by atoms with Crippen LogP contribution in [0, 0.1) is 11.3 Å². The molecular formula is C12H15BrN2O2. The number of nitrogens with one attached hydrogen (secondary N) is 1. The van der Waals surface area contributed by atoms with Crippen molar-refractivity contribution in [2.45, 2.75) is 19.3 Å². The van der Waals surface area contributed by atoms with E-state index in [9.17, 15) is 0 Å². The lowest BCUT2D eigenvalue weighted by Crippen LogP contribution is -2.33. The second-order valence-electron chi connectivity index (χ2n) is 3.58. The number of hydrogen-bond acceptors (Lipinski definition) is 4. The van der Waals surface area contributed by atoms with Gasteiger partial charge in [0.1, 0.15) is 0 Å². The van der Waals surface area contributed by atoms with Crippen LogP contribution in [0.4, 0.5) is 5.69 Å². The van der Waals surface area contributed by atoms with Crippen LogP contribution in [0.1, 0.15) is 12.5 Å². The van der Waals surface area contributed by atoms with Crippen molar-refractivity contribution in [3.05, 3.63) is 28.2 Å². The molecule has 0 heterocycles. The Hall–Kier alpha value is -1.09. The van der Waals surface area contributed by atoms with Gasteiger partial charge in [0.05, 0.1) is 17.7 Å². The van der Waals surface area contributed by atoms with E-state index < -0.39 is 0 Å². The molecule has 0 aliphatic carbocycles. The maximum absolute atomic E-state index is 8.77. The molecular weight excluding hydrogens is 284 g/mol. The summed E-state index contributed by atoms with van der Waals surface area (Å²) in [5, 5.41) is 12.0. The Morgan fingerprint density at radius 2 is 2.00 bits per heavy atom. The van der Waals surface area contributed by atoms with Gasteiger partial charge in [0, 0.05) is 24.4 Å². The molecule has 0 saturated carbocycles. The molecule has 0 radical (unpaired) electrons. The lowest BCUT2D eigenvalue weighted by molar-refractivity contribution is -0.109. The molecule has 1 rings (SSSR count). The predicted octanol–water partition coefficient (Wildman–Crippen LogP) is 2.74. The van der Waals surface area contributed by atoms with Crippen LogP contribution in [0.5, 0.6) is 0 Å². The van der Waals surface area contributed by atoms with Gasteiger partial charge in [-0.25, -0.2) is 0 Å². The van der Waals surface area contributed by atoms with Crippen LogP contribution < -0.4 is 5.32 Å². The average Bonchev–Trinajstić information content (AvgIpc) is 2.33. The summed E-state index contributed by atoms with van der Waals surface area (Å²) < 4.78 is 11.2. The number of rotatable bonds is 5. The molecule has 0 amide bonds. The molecule has 0 aromatic heterocycles. The number of nitrogens with zero attached hydrogens (tertiary/aromatic N) is 1. The highest BCUT2D eigenvalue weighted by Crippen LogP contribution is 2.24. The zero-order valence-electron chi connectivity index (χ0n) is 10.0. The minimum absolute atomic E-state index is 0.00534. The Kier molecular flexibility index (Phi) is 5.42. The topological polar surface area (TPSA) is 54.3 Å². The number of halogens is 1. The highest BCUT2D eigenvalue weighted by Gasteiger charge is 2.16. The van der Waals surface area contributed by atoms with Gasteiger partial charge in [0.2, 0.25) is 0 Å². The fourth-order valence-corrected chi connectivity index (χ4v) is 2.01. The van der Waals surface area contributed by atoms with Crippen LogP contribution >= 0.6 is 15.9 Å². The van der Waals surface area contributed by atoms with Crippen molar-refractivity contribution in [1.29, 1.82) is 5.26 Å². The van der Waals surface area contributed by atoms with E-state index >= 15 is 0 Å². The zero-order chi connectivity index (χ0) is 12.8. The molecule has 1 aromatic rings. The molecule has 0 aliphatic rings. The smallest absolute Gasteiger partial charge is 0.176 e. The number of ether oxygens (including phenoxy) is 2. The van der Waals surface area contributed by atoms with Gasteiger partial charge in [0.15, 0.2) is 6.29 Å². The number of nitriles is 1. The highest BCUT2D eigenvalue weighted by atomic mass is 79.9. The minimum atomic E-state index is -0.322. The summed E-state index contributed by atoms with van der Waals surface area (Å²) in [4.78, 5) is 0. The molecule has 5 heteroatoms. The van der Waals surface area contributed by atoms with Gasteiger partial charge in [-0.15, -0.1) is 0 Å². The number of methoxy groups -OCH3 is 2. The summed E-state index contributed by atoms with van der Waals surface area (Å²) in [6.07, 6.45) is -0.322. The van der Waals surface area contributed by atoms with E-state index in [0.717, 1.165) is 10.2 Å². The van der Waals surface area contributed by atoms with Crippen LogP contribution in [0.3, 0.4) is 0 Å². The predicted molar refractivity (Wildman–Crippen MR) is 69.7 cm³/mol. The molecule has 0 saturated heterocycles. The fraction of sp³-hybridized carbons (Fsp3) is 0.417. The maximum atomic E-state index is 8.77. The standard InChI is InChI=1S/C12H15BrN2O2/c1-8(12(16-2)17-3)15-11-5-4-9(7-14)6-10(11)13/h4-6,8,12,15H,1-3H3. The van der Waals surface area contributed by atoms with E-state index in [-0.39, 0.29) is 12.3 Å². The quantitative estimate of drug-likeness (QED) is 0.849. The summed E-state index contributed by atoms with van der Waals surface area (Å²) in [5.41, 5.74) is 1.51. The molecule has 1 unspecified atom stereocenters. The monoisotopic (exact) mass is 298 g/mol. The van der Waals surface area contributed by atoms with Crippen molar-refractivity contribution in [3.8, 4) is 6.07 Å². The molecule has 0 bridgehead atoms. The van der Waals surface area contributed by atoms with Crippen LogP contribution in [0.2, 0.25) is 0 Å². The summed E-state index contributed by atoms with van der Waals surface area (Å²) in [7, 11) is 3.19. The number of benzene rings is 1. The van der Waals surface area contributed by atoms with Crippen molar-refractivity contribution in [1.82, 2.24) is 0 Å². The Morgan fingerprint density at radius 1 is 1.35 bits per heavy atom. The maximum Gasteiger partial charge on any atom is 0.176 e. The van der Waals surface area contributed by atoms with Crippen molar-refractivity contribution >= 4 is 21.6 Å². The van der Waals surface area contributed by atoms with Gasteiger partial charge < -0.3 is 14.8 Å². The Morgan fingerprint density at radius 3 is 2.47 bits per heavy atom. The Bertz CT molecular complexity index is 413. The third-order valence-corrected chi connectivity index (χ3v) is 3.01. The molecule has 0 fully saturated rings. The molecule has 0 spiro atoms. The van der Waals surface area contributed by atoms with E-state index in [2.05, 4.69) is 27.3 Å². The SMILES string of the molecule is COC(OC)C(C)Nc1ccc(C#N)cc1Br. The lowest BCUT2D eigenvalue weighted by Gasteiger charge is -2.23. The molecule has 17 heavy (non-hydrogen) atoms. The van der Waals surface area contributed by atoms with Crippen LogP contribution in [-0.2, 0) is 9.47 Å². The first-order valence-electron chi connectivity index (χ1n) is 5.14. The van der Waals surface area contributed by atoms with E-state index in [1.165, 1.54) is 0 Å². The summed E-state index contributed by atoms with van der Waals surface area (Å²) >= 11 is 3.41. The van der Waals surface area contributed by atoms with Gasteiger partial charge in [0.25, 0.3) is 0 Å². The third kappa shape index (κ3) is 3.70. The fourth-order valence-electron chi connectivity index (χ4n) is 1.52. The molecule has 92 valence electrons. The average molecular weight is 299 g/mol. The third-order valence-electron chi connectivity index (χ3n) is 2.35. The summed E-state index contributed by atoms with van der Waals surface area (Å²) in [6, 6.07) is 7.46. The molecule has 0 aliphatic heterocycles. The first kappa shape index (κ1) is 14.0. The summed E-state index contributed by atoms with van der Waals surface area (Å²) in [6.45, 7) is 1.96. The normalized spacial score (nSPS) is 12.2. The van der Waals surface area contributed by atoms with E-state index in [1.54, 1.807) is 26.4 Å². The first-order valence-corrected chi connectivity index (χ1v) is 5.93. The van der Waals surface area contributed by atoms with Gasteiger partial charge in [-0.3, -0.25) is 0 Å². The number of hydrogen-bond donors (Lipinski definition) is 1. The van der Waals surface area contributed by atoms with Gasteiger partial charge in [-0.2, -0.15) is 5.26 Å². The minimum Gasteiger partial charge on any atom is -0.377 e. The lowest BCUT2D eigenvalue weighted by atomic mass is 10.2. The van der Waals surface area contributed by atoms with Gasteiger partial charge in [-0.05, 0) is 41.1 Å². The van der Waals surface area contributed by atoms with Crippen LogP contribution in [0.25, 0.3) is 0 Å². The Balaban J connectivity index is 2.78. The van der Waals surface area contributed by atoms with E-state index in [1.807, 2.05) is 13.0 Å². The van der Waals surface area contributed by atoms with Gasteiger partial charge >= 0.3 is 0 Å². The summed E-state index contributed by atoms with van der Waals surface area (Å²) in [5.74, 6) is 0. The zero-order valence-corrected chi connectivity index (χ0v) is 11.6. The second kappa shape index (κ2) is 6.60. The largest absolute Gasteiger partial charge is 0.377 e. The molecule has 4 nitrogen and oxygen atoms in total. The highest BCUT2D eigenvalue weighted by molar-refractivity contribution is 9.10. The van der Waals surface area contributed by atoms with Crippen molar-refractivity contribution in [2.75, 3.05) is 19.5 Å². The molecule has 1 aromatic carbocycles. The van der Waals surface area contributed by atoms with Crippen molar-refractivity contribution < 1.29 is 9.47 Å². The van der Waals surface area contributed by atoms with E-state index in [4.69, 9.17) is 14.7 Å². The van der Waals surface area contributed by atoms with Crippen LogP contribution in [0.15, 0.2) is 22.7 Å². The van der Waals surface area contributed by atoms with Crippen LogP contribution in [-0.4, -0.2) is 26.6 Å².